The van der Waals surface area contributed by atoms with Gasteiger partial charge in [0, 0.05) is 6.54 Å². The van der Waals surface area contributed by atoms with E-state index in [0.29, 0.717) is 12.2 Å². The highest BCUT2D eigenvalue weighted by molar-refractivity contribution is 5.96. The summed E-state index contributed by atoms with van der Waals surface area (Å²) < 4.78 is 13.0. The van der Waals surface area contributed by atoms with Crippen molar-refractivity contribution < 1.29 is 9.18 Å². The minimum absolute atomic E-state index is 0.137. The molecule has 1 aromatic carbocycles. The maximum absolute atomic E-state index is 13.0. The SMILES string of the molecule is CC1(C(=O)Nc2ccc(F)cc2C#N)CCNC1. The fourth-order valence-corrected chi connectivity index (χ4v) is 2.00. The van der Waals surface area contributed by atoms with Gasteiger partial charge in [-0.1, -0.05) is 0 Å². The normalized spacial score (nSPS) is 22.5. The molecule has 1 aliphatic heterocycles. The molecule has 1 saturated heterocycles. The molecule has 5 heteroatoms. The van der Waals surface area contributed by atoms with E-state index in [-0.39, 0.29) is 11.5 Å². The molecule has 1 atom stereocenters. The number of anilines is 1. The Hall–Kier alpha value is -1.93. The Labute approximate surface area is 105 Å². The van der Waals surface area contributed by atoms with Gasteiger partial charge < -0.3 is 10.6 Å². The largest absolute Gasteiger partial charge is 0.324 e. The van der Waals surface area contributed by atoms with Gasteiger partial charge in [0.15, 0.2) is 0 Å². The molecule has 1 amide bonds. The van der Waals surface area contributed by atoms with E-state index in [4.69, 9.17) is 5.26 Å². The summed E-state index contributed by atoms with van der Waals surface area (Å²) in [5.74, 6) is -0.631. The summed E-state index contributed by atoms with van der Waals surface area (Å²) in [6.45, 7) is 3.29. The van der Waals surface area contributed by atoms with Crippen molar-refractivity contribution in [2.24, 2.45) is 5.41 Å². The molecule has 18 heavy (non-hydrogen) atoms. The Balaban J connectivity index is 2.19. The number of nitrogens with zero attached hydrogens (tertiary/aromatic N) is 1. The predicted molar refractivity (Wildman–Crippen MR) is 65.3 cm³/mol. The summed E-state index contributed by atoms with van der Waals surface area (Å²) in [4.78, 5) is 12.1. The van der Waals surface area contributed by atoms with Crippen LogP contribution in [0.5, 0.6) is 0 Å². The molecule has 1 fully saturated rings. The fraction of sp³-hybridized carbons (Fsp3) is 0.385. The first-order chi connectivity index (χ1) is 8.55. The minimum Gasteiger partial charge on any atom is -0.324 e. The van der Waals surface area contributed by atoms with Crippen LogP contribution in [0.2, 0.25) is 0 Å². The molecule has 0 aromatic heterocycles. The zero-order chi connectivity index (χ0) is 13.2. The molecule has 1 heterocycles. The molecule has 0 radical (unpaired) electrons. The van der Waals surface area contributed by atoms with Crippen LogP contribution in [0.25, 0.3) is 0 Å². The molecule has 0 saturated carbocycles. The molecule has 1 unspecified atom stereocenters. The zero-order valence-corrected chi connectivity index (χ0v) is 10.1. The van der Waals surface area contributed by atoms with Crippen LogP contribution in [-0.2, 0) is 4.79 Å². The molecular weight excluding hydrogens is 233 g/mol. The van der Waals surface area contributed by atoms with Gasteiger partial charge in [0.2, 0.25) is 5.91 Å². The summed E-state index contributed by atoms with van der Waals surface area (Å²) in [6.07, 6.45) is 0.752. The third-order valence-electron chi connectivity index (χ3n) is 3.27. The maximum Gasteiger partial charge on any atom is 0.231 e. The van der Waals surface area contributed by atoms with Gasteiger partial charge in [-0.15, -0.1) is 0 Å². The van der Waals surface area contributed by atoms with E-state index in [1.807, 2.05) is 13.0 Å². The van der Waals surface area contributed by atoms with Crippen LogP contribution < -0.4 is 10.6 Å². The molecule has 0 spiro atoms. The van der Waals surface area contributed by atoms with Crippen LogP contribution in [0.4, 0.5) is 10.1 Å². The number of carbonyl (C=O) groups excluding carboxylic acids is 1. The number of nitrogens with one attached hydrogen (secondary N) is 2. The first-order valence-corrected chi connectivity index (χ1v) is 5.77. The molecule has 0 bridgehead atoms. The second-order valence-electron chi connectivity index (χ2n) is 4.74. The maximum atomic E-state index is 13.0. The standard InChI is InChI=1S/C13H14FN3O/c1-13(4-5-16-8-13)12(18)17-11-3-2-10(14)6-9(11)7-15/h2-3,6,16H,4-5,8H2,1H3,(H,17,18). The van der Waals surface area contributed by atoms with Crippen molar-refractivity contribution in [1.29, 1.82) is 5.26 Å². The summed E-state index contributed by atoms with van der Waals surface area (Å²) in [6, 6.07) is 5.63. The summed E-state index contributed by atoms with van der Waals surface area (Å²) in [7, 11) is 0. The van der Waals surface area contributed by atoms with Crippen molar-refractivity contribution in [3.05, 3.63) is 29.6 Å². The first-order valence-electron chi connectivity index (χ1n) is 5.77. The van der Waals surface area contributed by atoms with Gasteiger partial charge in [-0.05, 0) is 38.1 Å². The van der Waals surface area contributed by atoms with Gasteiger partial charge in [0.05, 0.1) is 16.7 Å². The number of hydrogen-bond donors (Lipinski definition) is 2. The van der Waals surface area contributed by atoms with Gasteiger partial charge in [-0.25, -0.2) is 4.39 Å². The average molecular weight is 247 g/mol. The second-order valence-corrected chi connectivity index (χ2v) is 4.74. The Morgan fingerprint density at radius 1 is 1.61 bits per heavy atom. The van der Waals surface area contributed by atoms with Crippen LogP contribution in [0.3, 0.4) is 0 Å². The Kier molecular flexibility index (Phi) is 3.30. The monoisotopic (exact) mass is 247 g/mol. The molecular formula is C13H14FN3O. The van der Waals surface area contributed by atoms with E-state index >= 15 is 0 Å². The van der Waals surface area contributed by atoms with Gasteiger partial charge in [-0.3, -0.25) is 4.79 Å². The Bertz CT molecular complexity index is 515. The Morgan fingerprint density at radius 2 is 2.39 bits per heavy atom. The number of nitriles is 1. The lowest BCUT2D eigenvalue weighted by Gasteiger charge is -2.21. The third kappa shape index (κ3) is 2.34. The smallest absolute Gasteiger partial charge is 0.231 e. The lowest BCUT2D eigenvalue weighted by Crippen LogP contribution is -2.35. The van der Waals surface area contributed by atoms with E-state index in [2.05, 4.69) is 10.6 Å². The highest BCUT2D eigenvalue weighted by Crippen LogP contribution is 2.27. The fourth-order valence-electron chi connectivity index (χ4n) is 2.00. The van der Waals surface area contributed by atoms with Crippen molar-refractivity contribution in [3.63, 3.8) is 0 Å². The van der Waals surface area contributed by atoms with Gasteiger partial charge in [-0.2, -0.15) is 5.26 Å². The van der Waals surface area contributed by atoms with Crippen molar-refractivity contribution in [3.8, 4) is 6.07 Å². The van der Waals surface area contributed by atoms with Crippen molar-refractivity contribution in [2.75, 3.05) is 18.4 Å². The molecule has 94 valence electrons. The number of amides is 1. The lowest BCUT2D eigenvalue weighted by atomic mass is 9.88. The van der Waals surface area contributed by atoms with Crippen LogP contribution in [-0.4, -0.2) is 19.0 Å². The highest BCUT2D eigenvalue weighted by atomic mass is 19.1. The molecule has 1 aromatic rings. The third-order valence-corrected chi connectivity index (χ3v) is 3.27. The van der Waals surface area contributed by atoms with E-state index in [1.54, 1.807) is 0 Å². The van der Waals surface area contributed by atoms with Crippen molar-refractivity contribution in [2.45, 2.75) is 13.3 Å². The molecule has 1 aliphatic rings. The average Bonchev–Trinajstić information content (AvgIpc) is 2.79. The van der Waals surface area contributed by atoms with Gasteiger partial charge in [0.1, 0.15) is 11.9 Å². The number of hydrogen-bond acceptors (Lipinski definition) is 3. The topological polar surface area (TPSA) is 64.9 Å². The number of rotatable bonds is 2. The lowest BCUT2D eigenvalue weighted by molar-refractivity contribution is -0.123. The first kappa shape index (κ1) is 12.5. The van der Waals surface area contributed by atoms with Gasteiger partial charge >= 0.3 is 0 Å². The van der Waals surface area contributed by atoms with Gasteiger partial charge in [0.25, 0.3) is 0 Å². The van der Waals surface area contributed by atoms with E-state index in [1.165, 1.54) is 12.1 Å². The molecule has 2 rings (SSSR count). The highest BCUT2D eigenvalue weighted by Gasteiger charge is 2.36. The molecule has 0 aliphatic carbocycles. The van der Waals surface area contributed by atoms with Crippen molar-refractivity contribution in [1.82, 2.24) is 5.32 Å². The van der Waals surface area contributed by atoms with Crippen molar-refractivity contribution >= 4 is 11.6 Å². The summed E-state index contributed by atoms with van der Waals surface area (Å²) in [5, 5.41) is 14.7. The van der Waals surface area contributed by atoms with Crippen LogP contribution >= 0.6 is 0 Å². The van der Waals surface area contributed by atoms with E-state index < -0.39 is 11.2 Å². The Morgan fingerprint density at radius 3 is 3.00 bits per heavy atom. The zero-order valence-electron chi connectivity index (χ0n) is 10.1. The van der Waals surface area contributed by atoms with Crippen LogP contribution in [0, 0.1) is 22.6 Å². The second kappa shape index (κ2) is 4.75. The summed E-state index contributed by atoms with van der Waals surface area (Å²) in [5.41, 5.74) is 0.0242. The molecule has 2 N–H and O–H groups in total. The number of halogens is 1. The summed E-state index contributed by atoms with van der Waals surface area (Å²) >= 11 is 0. The van der Waals surface area contributed by atoms with E-state index in [0.717, 1.165) is 19.0 Å². The molecule has 4 nitrogen and oxygen atoms in total. The van der Waals surface area contributed by atoms with E-state index in [9.17, 15) is 9.18 Å². The quantitative estimate of drug-likeness (QED) is 0.835. The number of carbonyl (C=O) groups is 1. The van der Waals surface area contributed by atoms with Crippen LogP contribution in [0.1, 0.15) is 18.9 Å². The number of benzene rings is 1. The van der Waals surface area contributed by atoms with Crippen LogP contribution in [0.15, 0.2) is 18.2 Å². The predicted octanol–water partition coefficient (Wildman–Crippen LogP) is 1.64. The minimum atomic E-state index is -0.488.